The number of hydrogen-bond acceptors (Lipinski definition) is 6. The van der Waals surface area contributed by atoms with Crippen molar-refractivity contribution in [2.45, 2.75) is 32.7 Å². The maximum Gasteiger partial charge on any atom is 0.297 e. The van der Waals surface area contributed by atoms with Crippen molar-refractivity contribution in [3.05, 3.63) is 65.9 Å². The number of likely N-dealkylation sites (tertiary alicyclic amines) is 1. The summed E-state index contributed by atoms with van der Waals surface area (Å²) >= 11 is 0. The van der Waals surface area contributed by atoms with Crippen LogP contribution in [0.25, 0.3) is 11.3 Å². The van der Waals surface area contributed by atoms with E-state index in [1.807, 2.05) is 24.3 Å². The van der Waals surface area contributed by atoms with Crippen LogP contribution in [0.1, 0.15) is 30.4 Å². The van der Waals surface area contributed by atoms with Crippen LogP contribution in [0.5, 0.6) is 5.75 Å². The number of oxazole rings is 1. The number of nitrogens with one attached hydrogen (secondary N) is 1. The quantitative estimate of drug-likeness (QED) is 0.503. The molecule has 1 aromatic heterocycles. The molecule has 5 rings (SSSR count). The summed E-state index contributed by atoms with van der Waals surface area (Å²) < 4.78 is 11.0. The first-order valence-electron chi connectivity index (χ1n) is 13.0. The number of aromatic nitrogens is 1. The minimum absolute atomic E-state index is 0.0577. The molecule has 0 aliphatic carbocycles. The second kappa shape index (κ2) is 11.2. The average Bonchev–Trinajstić information content (AvgIpc) is 3.59. The van der Waals surface area contributed by atoms with E-state index in [1.165, 1.54) is 11.1 Å². The van der Waals surface area contributed by atoms with Gasteiger partial charge in [-0.2, -0.15) is 4.98 Å². The zero-order chi connectivity index (χ0) is 24.9. The van der Waals surface area contributed by atoms with Crippen molar-refractivity contribution in [3.8, 4) is 17.0 Å². The lowest BCUT2D eigenvalue weighted by atomic mass is 9.96. The van der Waals surface area contributed by atoms with Crippen molar-refractivity contribution in [1.29, 1.82) is 0 Å². The molecule has 1 N–H and O–H groups in total. The monoisotopic (exact) mass is 488 g/mol. The highest BCUT2D eigenvalue weighted by Gasteiger charge is 2.29. The van der Waals surface area contributed by atoms with E-state index in [4.69, 9.17) is 9.15 Å². The van der Waals surface area contributed by atoms with Gasteiger partial charge in [0.25, 0.3) is 6.01 Å². The van der Waals surface area contributed by atoms with Gasteiger partial charge in [-0.15, -0.1) is 0 Å². The highest BCUT2D eigenvalue weighted by atomic mass is 16.5. The van der Waals surface area contributed by atoms with Gasteiger partial charge < -0.3 is 19.4 Å². The fourth-order valence-corrected chi connectivity index (χ4v) is 5.20. The largest absolute Gasteiger partial charge is 0.497 e. The average molecular weight is 489 g/mol. The molecule has 1 atom stereocenters. The van der Waals surface area contributed by atoms with Gasteiger partial charge in [0, 0.05) is 44.2 Å². The maximum absolute atomic E-state index is 12.9. The molecule has 0 saturated carbocycles. The second-order valence-corrected chi connectivity index (χ2v) is 10.1. The van der Waals surface area contributed by atoms with Crippen LogP contribution < -0.4 is 15.0 Å². The van der Waals surface area contributed by atoms with Crippen LogP contribution in [0.3, 0.4) is 0 Å². The second-order valence-electron chi connectivity index (χ2n) is 10.1. The molecule has 2 aliphatic heterocycles. The van der Waals surface area contributed by atoms with Crippen molar-refractivity contribution in [3.63, 3.8) is 0 Å². The Hall–Kier alpha value is -3.32. The number of nitrogens with zero attached hydrogens (tertiary/aromatic N) is 3. The first kappa shape index (κ1) is 24.4. The Bertz CT molecular complexity index is 1130. The molecule has 3 aromatic rings. The Labute approximate surface area is 213 Å². The molecule has 7 heteroatoms. The number of carbonyl (C=O) groups excluding carboxylic acids is 1. The Kier molecular flexibility index (Phi) is 7.56. The van der Waals surface area contributed by atoms with Gasteiger partial charge in [0.15, 0.2) is 0 Å². The van der Waals surface area contributed by atoms with Gasteiger partial charge in [-0.25, -0.2) is 0 Å². The number of rotatable bonds is 8. The number of aryl methyl sites for hydroxylation is 1. The SMILES string of the molecule is COc1ccc(-c2coc(N3CCC(C(=O)NCC4CCN(Cc5ccc(C)cc5)C4)CC3)n2)cc1. The van der Waals surface area contributed by atoms with Crippen LogP contribution in [-0.2, 0) is 11.3 Å². The first-order valence-corrected chi connectivity index (χ1v) is 13.0. The highest BCUT2D eigenvalue weighted by Crippen LogP contribution is 2.28. The van der Waals surface area contributed by atoms with Crippen LogP contribution in [-0.4, -0.2) is 55.6 Å². The summed E-state index contributed by atoms with van der Waals surface area (Å²) in [6.07, 6.45) is 4.47. The van der Waals surface area contributed by atoms with E-state index in [0.717, 1.165) is 75.5 Å². The van der Waals surface area contributed by atoms with Crippen LogP contribution in [0, 0.1) is 18.8 Å². The maximum atomic E-state index is 12.9. The lowest BCUT2D eigenvalue weighted by molar-refractivity contribution is -0.125. The number of piperidine rings is 1. The van der Waals surface area contributed by atoms with E-state index in [9.17, 15) is 4.79 Å². The summed E-state index contributed by atoms with van der Waals surface area (Å²) in [6.45, 7) is 7.58. The van der Waals surface area contributed by atoms with E-state index in [-0.39, 0.29) is 11.8 Å². The zero-order valence-electron chi connectivity index (χ0n) is 21.3. The van der Waals surface area contributed by atoms with Gasteiger partial charge in [0.05, 0.1) is 7.11 Å². The number of ether oxygens (including phenoxy) is 1. The molecule has 2 saturated heterocycles. The number of anilines is 1. The third-order valence-electron chi connectivity index (χ3n) is 7.48. The van der Waals surface area contributed by atoms with E-state index in [2.05, 4.69) is 51.3 Å². The fraction of sp³-hybridized carbons (Fsp3) is 0.448. The summed E-state index contributed by atoms with van der Waals surface area (Å²) in [7, 11) is 1.66. The summed E-state index contributed by atoms with van der Waals surface area (Å²) in [5, 5.41) is 3.24. The number of hydrogen-bond donors (Lipinski definition) is 1. The van der Waals surface area contributed by atoms with Crippen LogP contribution in [0.4, 0.5) is 6.01 Å². The van der Waals surface area contributed by atoms with E-state index in [1.54, 1.807) is 13.4 Å². The van der Waals surface area contributed by atoms with Crippen molar-refractivity contribution in [2.75, 3.05) is 44.7 Å². The number of benzene rings is 2. The summed E-state index contributed by atoms with van der Waals surface area (Å²) in [5.41, 5.74) is 4.45. The Morgan fingerprint density at radius 1 is 1.06 bits per heavy atom. The van der Waals surface area contributed by atoms with Crippen molar-refractivity contribution in [2.24, 2.45) is 11.8 Å². The van der Waals surface area contributed by atoms with Gasteiger partial charge in [-0.1, -0.05) is 29.8 Å². The molecule has 2 fully saturated rings. The van der Waals surface area contributed by atoms with Gasteiger partial charge in [0.1, 0.15) is 17.7 Å². The van der Waals surface area contributed by atoms with E-state index >= 15 is 0 Å². The predicted octanol–water partition coefficient (Wildman–Crippen LogP) is 4.51. The molecular weight excluding hydrogens is 452 g/mol. The number of methoxy groups -OCH3 is 1. The topological polar surface area (TPSA) is 70.8 Å². The number of carbonyl (C=O) groups is 1. The summed E-state index contributed by atoms with van der Waals surface area (Å²) in [6, 6.07) is 17.2. The van der Waals surface area contributed by atoms with E-state index in [0.29, 0.717) is 11.9 Å². The van der Waals surface area contributed by atoms with Gasteiger partial charge in [0.2, 0.25) is 5.91 Å². The molecule has 1 unspecified atom stereocenters. The van der Waals surface area contributed by atoms with Crippen LogP contribution in [0.15, 0.2) is 59.2 Å². The Morgan fingerprint density at radius 2 is 1.81 bits per heavy atom. The molecule has 2 aromatic carbocycles. The minimum Gasteiger partial charge on any atom is -0.497 e. The molecule has 1 amide bonds. The fourth-order valence-electron chi connectivity index (χ4n) is 5.20. The van der Waals surface area contributed by atoms with Crippen LogP contribution >= 0.6 is 0 Å². The van der Waals surface area contributed by atoms with Crippen molar-refractivity contribution < 1.29 is 13.9 Å². The lowest BCUT2D eigenvalue weighted by Gasteiger charge is -2.30. The lowest BCUT2D eigenvalue weighted by Crippen LogP contribution is -2.42. The molecule has 2 aliphatic rings. The van der Waals surface area contributed by atoms with Crippen LogP contribution in [0.2, 0.25) is 0 Å². The van der Waals surface area contributed by atoms with Gasteiger partial charge >= 0.3 is 0 Å². The molecule has 36 heavy (non-hydrogen) atoms. The standard InChI is InChI=1S/C29H36N4O3/c1-21-3-5-22(6-4-21)18-32-14-11-23(19-32)17-30-28(34)25-12-15-33(16-13-25)29-31-27(20-36-29)24-7-9-26(35-2)10-8-24/h3-10,20,23,25H,11-19H2,1-2H3,(H,30,34). The molecule has 0 spiro atoms. The number of amides is 1. The third kappa shape index (κ3) is 5.90. The third-order valence-corrected chi connectivity index (χ3v) is 7.48. The van der Waals surface area contributed by atoms with Crippen molar-refractivity contribution >= 4 is 11.9 Å². The highest BCUT2D eigenvalue weighted by molar-refractivity contribution is 5.79. The minimum atomic E-state index is 0.0577. The molecular formula is C29H36N4O3. The molecule has 190 valence electrons. The Morgan fingerprint density at radius 3 is 2.53 bits per heavy atom. The smallest absolute Gasteiger partial charge is 0.297 e. The summed E-state index contributed by atoms with van der Waals surface area (Å²) in [4.78, 5) is 22.2. The normalized spacial score (nSPS) is 18.9. The summed E-state index contributed by atoms with van der Waals surface area (Å²) in [5.74, 6) is 1.60. The molecule has 0 bridgehead atoms. The molecule has 3 heterocycles. The van der Waals surface area contributed by atoms with E-state index < -0.39 is 0 Å². The first-order chi connectivity index (χ1) is 17.6. The zero-order valence-corrected chi connectivity index (χ0v) is 21.3. The predicted molar refractivity (Wildman–Crippen MR) is 141 cm³/mol. The molecule has 0 radical (unpaired) electrons. The van der Waals surface area contributed by atoms with Gasteiger partial charge in [-0.3, -0.25) is 9.69 Å². The Balaban J connectivity index is 1.04. The van der Waals surface area contributed by atoms with Gasteiger partial charge in [-0.05, 0) is 68.5 Å². The molecule has 7 nitrogen and oxygen atoms in total. The van der Waals surface area contributed by atoms with Crippen molar-refractivity contribution in [1.82, 2.24) is 15.2 Å².